The van der Waals surface area contributed by atoms with E-state index in [9.17, 15) is 4.39 Å². The van der Waals surface area contributed by atoms with Crippen LogP contribution in [0.15, 0.2) is 29.2 Å². The summed E-state index contributed by atoms with van der Waals surface area (Å²) >= 11 is 7.37. The van der Waals surface area contributed by atoms with Crippen molar-refractivity contribution in [1.82, 2.24) is 0 Å². The van der Waals surface area contributed by atoms with Crippen LogP contribution in [0.4, 0.5) is 10.1 Å². The van der Waals surface area contributed by atoms with Gasteiger partial charge in [-0.25, -0.2) is 4.39 Å². The molecule has 0 fully saturated rings. The van der Waals surface area contributed by atoms with E-state index in [0.717, 1.165) is 10.6 Å². The quantitative estimate of drug-likeness (QED) is 0.487. The van der Waals surface area contributed by atoms with Gasteiger partial charge in [-0.1, -0.05) is 23.8 Å². The lowest BCUT2D eigenvalue weighted by Crippen LogP contribution is -1.91. The highest BCUT2D eigenvalue weighted by molar-refractivity contribution is 7.99. The number of thioether (sulfide) groups is 1. The second kappa shape index (κ2) is 5.27. The van der Waals surface area contributed by atoms with Crippen LogP contribution in [0.2, 0.25) is 5.02 Å². The zero-order valence-corrected chi connectivity index (χ0v) is 9.33. The molecule has 0 radical (unpaired) electrons. The molecule has 0 amide bonds. The van der Waals surface area contributed by atoms with Crippen LogP contribution in [0.25, 0.3) is 0 Å². The molecule has 76 valence electrons. The maximum Gasteiger partial charge on any atom is 0.147 e. The van der Waals surface area contributed by atoms with E-state index in [1.807, 2.05) is 19.1 Å². The Labute approximate surface area is 92.1 Å². The fourth-order valence-electron chi connectivity index (χ4n) is 0.890. The third-order valence-corrected chi connectivity index (χ3v) is 3.05. The van der Waals surface area contributed by atoms with E-state index in [1.165, 1.54) is 17.8 Å². The van der Waals surface area contributed by atoms with Gasteiger partial charge in [0.15, 0.2) is 0 Å². The zero-order chi connectivity index (χ0) is 10.6. The summed E-state index contributed by atoms with van der Waals surface area (Å²) in [6, 6.07) is 2.81. The van der Waals surface area contributed by atoms with Crippen molar-refractivity contribution >= 4 is 29.1 Å². The Morgan fingerprint density at radius 3 is 2.93 bits per heavy atom. The molecular weight excluding hydrogens is 221 g/mol. The van der Waals surface area contributed by atoms with Crippen LogP contribution in [0.5, 0.6) is 0 Å². The molecule has 1 aromatic carbocycles. The second-order valence-corrected chi connectivity index (χ2v) is 4.15. The Kier molecular flexibility index (Phi) is 4.29. The number of allylic oxidation sites excluding steroid dienone is 1. The summed E-state index contributed by atoms with van der Waals surface area (Å²) in [5, 5.41) is 0.409. The molecule has 0 spiro atoms. The van der Waals surface area contributed by atoms with Crippen molar-refractivity contribution in [3.8, 4) is 0 Å². The molecule has 2 N–H and O–H groups in total. The molecule has 0 heterocycles. The van der Waals surface area contributed by atoms with Crippen molar-refractivity contribution in [3.05, 3.63) is 35.1 Å². The lowest BCUT2D eigenvalue weighted by molar-refractivity contribution is 0.631. The van der Waals surface area contributed by atoms with Crippen LogP contribution in [-0.2, 0) is 0 Å². The van der Waals surface area contributed by atoms with Crippen molar-refractivity contribution in [2.45, 2.75) is 11.8 Å². The first-order valence-electron chi connectivity index (χ1n) is 4.13. The summed E-state index contributed by atoms with van der Waals surface area (Å²) in [5.41, 5.74) is 5.57. The zero-order valence-electron chi connectivity index (χ0n) is 7.76. The van der Waals surface area contributed by atoms with E-state index in [-0.39, 0.29) is 5.69 Å². The summed E-state index contributed by atoms with van der Waals surface area (Å²) in [5.74, 6) is 0.340. The summed E-state index contributed by atoms with van der Waals surface area (Å²) in [6.07, 6.45) is 3.95. The molecule has 1 nitrogen and oxygen atoms in total. The van der Waals surface area contributed by atoms with Crippen LogP contribution >= 0.6 is 23.4 Å². The van der Waals surface area contributed by atoms with E-state index in [1.54, 1.807) is 6.07 Å². The minimum Gasteiger partial charge on any atom is -0.396 e. The Morgan fingerprint density at radius 2 is 2.29 bits per heavy atom. The number of nitrogens with two attached hydrogens (primary N) is 1. The van der Waals surface area contributed by atoms with Crippen LogP contribution < -0.4 is 5.73 Å². The minimum atomic E-state index is -0.467. The van der Waals surface area contributed by atoms with Gasteiger partial charge < -0.3 is 5.73 Å². The maximum atomic E-state index is 12.9. The average Bonchev–Trinajstić information content (AvgIpc) is 2.14. The van der Waals surface area contributed by atoms with Gasteiger partial charge in [0, 0.05) is 10.6 Å². The molecular formula is C10H11ClFNS. The van der Waals surface area contributed by atoms with E-state index in [0.29, 0.717) is 5.02 Å². The molecule has 14 heavy (non-hydrogen) atoms. The maximum absolute atomic E-state index is 12.9. The lowest BCUT2D eigenvalue weighted by Gasteiger charge is -2.04. The molecule has 1 rings (SSSR count). The van der Waals surface area contributed by atoms with Crippen LogP contribution in [0.3, 0.4) is 0 Å². The number of rotatable bonds is 3. The highest BCUT2D eigenvalue weighted by atomic mass is 35.5. The number of nitrogen functional groups attached to an aromatic ring is 1. The molecule has 4 heteroatoms. The summed E-state index contributed by atoms with van der Waals surface area (Å²) in [4.78, 5) is 0.809. The number of halogens is 2. The van der Waals surface area contributed by atoms with Crippen LogP contribution in [0.1, 0.15) is 6.92 Å². The molecule has 0 unspecified atom stereocenters. The van der Waals surface area contributed by atoms with Gasteiger partial charge in [-0.2, -0.15) is 0 Å². The minimum absolute atomic E-state index is 0.136. The van der Waals surface area contributed by atoms with Gasteiger partial charge in [-0.05, 0) is 19.1 Å². The molecule has 0 aliphatic rings. The summed E-state index contributed by atoms with van der Waals surface area (Å²) < 4.78 is 12.9. The van der Waals surface area contributed by atoms with Crippen molar-refractivity contribution in [3.63, 3.8) is 0 Å². The number of anilines is 1. The predicted octanol–water partition coefficient (Wildman–Crippen LogP) is 3.73. The van der Waals surface area contributed by atoms with Crippen molar-refractivity contribution < 1.29 is 4.39 Å². The predicted molar refractivity (Wildman–Crippen MR) is 61.4 cm³/mol. The summed E-state index contributed by atoms with van der Waals surface area (Å²) in [6.45, 7) is 1.95. The fourth-order valence-corrected chi connectivity index (χ4v) is 2.08. The van der Waals surface area contributed by atoms with Gasteiger partial charge in [0.1, 0.15) is 5.82 Å². The standard InChI is InChI=1S/C10H11ClFNS/c1-2-3-4-14-10-6-9(13)8(12)5-7(10)11/h2-3,5-6H,4,13H2,1H3. The van der Waals surface area contributed by atoms with Gasteiger partial charge in [0.2, 0.25) is 0 Å². The van der Waals surface area contributed by atoms with E-state index in [2.05, 4.69) is 0 Å². The van der Waals surface area contributed by atoms with E-state index >= 15 is 0 Å². The number of hydrogen-bond acceptors (Lipinski definition) is 2. The highest BCUT2D eigenvalue weighted by Gasteiger charge is 2.05. The van der Waals surface area contributed by atoms with Crippen molar-refractivity contribution in [2.24, 2.45) is 0 Å². The molecule has 0 aliphatic heterocycles. The second-order valence-electron chi connectivity index (χ2n) is 2.68. The first-order valence-corrected chi connectivity index (χ1v) is 5.50. The Bertz CT molecular complexity index is 352. The smallest absolute Gasteiger partial charge is 0.147 e. The molecule has 0 aliphatic carbocycles. The largest absolute Gasteiger partial charge is 0.396 e. The Balaban J connectivity index is 2.81. The Morgan fingerprint density at radius 1 is 1.57 bits per heavy atom. The molecule has 1 aromatic rings. The van der Waals surface area contributed by atoms with Crippen molar-refractivity contribution in [1.29, 1.82) is 0 Å². The molecule has 0 saturated heterocycles. The molecule has 0 aromatic heterocycles. The molecule has 0 saturated carbocycles. The SMILES string of the molecule is CC=CCSc1cc(N)c(F)cc1Cl. The fraction of sp³-hybridized carbons (Fsp3) is 0.200. The van der Waals surface area contributed by atoms with Crippen LogP contribution in [0, 0.1) is 5.82 Å². The third-order valence-electron chi connectivity index (χ3n) is 1.62. The number of benzene rings is 1. The Hall–Kier alpha value is -0.670. The lowest BCUT2D eigenvalue weighted by atomic mass is 10.3. The topological polar surface area (TPSA) is 26.0 Å². The first kappa shape index (κ1) is 11.4. The van der Waals surface area contributed by atoms with Crippen molar-refractivity contribution in [2.75, 3.05) is 11.5 Å². The van der Waals surface area contributed by atoms with Gasteiger partial charge in [-0.15, -0.1) is 11.8 Å². The van der Waals surface area contributed by atoms with Gasteiger partial charge in [0.05, 0.1) is 10.7 Å². The third kappa shape index (κ3) is 2.93. The van der Waals surface area contributed by atoms with Gasteiger partial charge in [-0.3, -0.25) is 0 Å². The van der Waals surface area contributed by atoms with Gasteiger partial charge >= 0.3 is 0 Å². The van der Waals surface area contributed by atoms with Gasteiger partial charge in [0.25, 0.3) is 0 Å². The summed E-state index contributed by atoms with van der Waals surface area (Å²) in [7, 11) is 0. The molecule has 0 bridgehead atoms. The highest BCUT2D eigenvalue weighted by Crippen LogP contribution is 2.30. The van der Waals surface area contributed by atoms with Crippen LogP contribution in [-0.4, -0.2) is 5.75 Å². The van der Waals surface area contributed by atoms with E-state index in [4.69, 9.17) is 17.3 Å². The van der Waals surface area contributed by atoms with E-state index < -0.39 is 5.82 Å². The monoisotopic (exact) mass is 231 g/mol. The molecule has 0 atom stereocenters. The number of hydrogen-bond donors (Lipinski definition) is 1. The first-order chi connectivity index (χ1) is 6.65. The average molecular weight is 232 g/mol. The normalized spacial score (nSPS) is 11.1.